The Morgan fingerprint density at radius 1 is 1.28 bits per heavy atom. The molecule has 1 amide bonds. The lowest BCUT2D eigenvalue weighted by molar-refractivity contribution is -0.131. The van der Waals surface area contributed by atoms with Crippen molar-refractivity contribution in [1.29, 1.82) is 0 Å². The smallest absolute Gasteiger partial charge is 0.315 e. The number of carbonyl (C=O) groups excluding carboxylic acids is 1. The van der Waals surface area contributed by atoms with E-state index < -0.39 is 22.4 Å². The van der Waals surface area contributed by atoms with Gasteiger partial charge < -0.3 is 9.84 Å². The standard InChI is InChI=1S/C18H22F2N4O4S/c1-11-3-4-14(9-12(11)2)29(26,27)24-7-5-13(6-8-24)18-22-15(23-28-18)10-21-17(25)16(19)20/h3-4,9,13,16H,5-8,10H2,1-2H3,(H,21,25). The van der Waals surface area contributed by atoms with E-state index in [-0.39, 0.29) is 23.2 Å². The minimum Gasteiger partial charge on any atom is -0.344 e. The molecule has 0 spiro atoms. The Hall–Kier alpha value is -2.40. The molecule has 158 valence electrons. The Bertz CT molecular complexity index is 985. The number of hydrogen-bond donors (Lipinski definition) is 1. The minimum absolute atomic E-state index is 0.0965. The van der Waals surface area contributed by atoms with Crippen LogP contribution >= 0.6 is 0 Å². The van der Waals surface area contributed by atoms with Crippen molar-refractivity contribution in [3.63, 3.8) is 0 Å². The Labute approximate surface area is 167 Å². The van der Waals surface area contributed by atoms with E-state index in [9.17, 15) is 22.0 Å². The number of alkyl halides is 2. The maximum Gasteiger partial charge on any atom is 0.315 e. The zero-order valence-electron chi connectivity index (χ0n) is 16.1. The summed E-state index contributed by atoms with van der Waals surface area (Å²) in [6.07, 6.45) is -2.12. The highest BCUT2D eigenvalue weighted by Gasteiger charge is 2.32. The van der Waals surface area contributed by atoms with E-state index in [1.54, 1.807) is 18.2 Å². The second-order valence-electron chi connectivity index (χ2n) is 6.99. The zero-order chi connectivity index (χ0) is 21.2. The van der Waals surface area contributed by atoms with Gasteiger partial charge >= 0.3 is 6.43 Å². The maximum absolute atomic E-state index is 12.9. The van der Waals surface area contributed by atoms with Crippen LogP contribution in [0.1, 0.15) is 41.6 Å². The third-order valence-corrected chi connectivity index (χ3v) is 6.92. The van der Waals surface area contributed by atoms with Crippen molar-refractivity contribution < 1.29 is 26.5 Å². The van der Waals surface area contributed by atoms with Crippen molar-refractivity contribution in [3.05, 3.63) is 41.0 Å². The summed E-state index contributed by atoms with van der Waals surface area (Å²) in [6.45, 7) is 4.15. The van der Waals surface area contributed by atoms with Crippen LogP contribution in [0.2, 0.25) is 0 Å². The van der Waals surface area contributed by atoms with Crippen molar-refractivity contribution >= 4 is 15.9 Å². The van der Waals surface area contributed by atoms with E-state index >= 15 is 0 Å². The second-order valence-corrected chi connectivity index (χ2v) is 8.93. The van der Waals surface area contributed by atoms with Gasteiger partial charge in [0, 0.05) is 19.0 Å². The molecule has 1 aliphatic heterocycles. The molecule has 1 N–H and O–H groups in total. The average molecular weight is 428 g/mol. The van der Waals surface area contributed by atoms with Crippen LogP contribution in [-0.2, 0) is 21.4 Å². The molecular weight excluding hydrogens is 406 g/mol. The van der Waals surface area contributed by atoms with Gasteiger partial charge in [-0.1, -0.05) is 11.2 Å². The van der Waals surface area contributed by atoms with Gasteiger partial charge in [-0.3, -0.25) is 4.79 Å². The van der Waals surface area contributed by atoms with E-state index in [2.05, 4.69) is 10.1 Å². The number of halogens is 2. The van der Waals surface area contributed by atoms with E-state index in [0.717, 1.165) is 11.1 Å². The molecule has 0 bridgehead atoms. The Kier molecular flexibility index (Phi) is 6.27. The monoisotopic (exact) mass is 428 g/mol. The number of carbonyl (C=O) groups is 1. The number of aromatic nitrogens is 2. The second kappa shape index (κ2) is 8.54. The summed E-state index contributed by atoms with van der Waals surface area (Å²) in [4.78, 5) is 15.3. The first-order chi connectivity index (χ1) is 13.7. The third-order valence-electron chi connectivity index (χ3n) is 5.02. The minimum atomic E-state index is -3.58. The molecule has 1 aromatic heterocycles. The van der Waals surface area contributed by atoms with Gasteiger partial charge in [0.2, 0.25) is 15.9 Å². The normalized spacial score (nSPS) is 16.3. The van der Waals surface area contributed by atoms with Gasteiger partial charge in [0.15, 0.2) is 5.82 Å². The summed E-state index contributed by atoms with van der Waals surface area (Å²) in [7, 11) is -3.58. The highest BCUT2D eigenvalue weighted by atomic mass is 32.2. The van der Waals surface area contributed by atoms with Crippen molar-refractivity contribution in [2.24, 2.45) is 0 Å². The third kappa shape index (κ3) is 4.78. The predicted molar refractivity (Wildman–Crippen MR) is 98.8 cm³/mol. The molecule has 29 heavy (non-hydrogen) atoms. The lowest BCUT2D eigenvalue weighted by Gasteiger charge is -2.29. The molecule has 2 aromatic rings. The molecule has 11 heteroatoms. The number of aryl methyl sites for hydroxylation is 2. The van der Waals surface area contributed by atoms with Crippen LogP contribution in [0, 0.1) is 13.8 Å². The Morgan fingerprint density at radius 3 is 2.59 bits per heavy atom. The number of sulfonamides is 1. The van der Waals surface area contributed by atoms with Crippen LogP contribution in [0.5, 0.6) is 0 Å². The number of amides is 1. The summed E-state index contributed by atoms with van der Waals surface area (Å²) in [5.74, 6) is -1.12. The molecule has 0 saturated carbocycles. The van der Waals surface area contributed by atoms with E-state index in [4.69, 9.17) is 4.52 Å². The molecule has 2 heterocycles. The molecule has 0 atom stereocenters. The molecule has 1 aromatic carbocycles. The summed E-state index contributed by atoms with van der Waals surface area (Å²) in [6, 6.07) is 5.08. The zero-order valence-corrected chi connectivity index (χ0v) is 16.9. The summed E-state index contributed by atoms with van der Waals surface area (Å²) >= 11 is 0. The van der Waals surface area contributed by atoms with E-state index in [1.165, 1.54) is 4.31 Å². The average Bonchev–Trinajstić information content (AvgIpc) is 3.17. The SMILES string of the molecule is Cc1ccc(S(=O)(=O)N2CCC(c3nc(CNC(=O)C(F)F)no3)CC2)cc1C. The molecule has 0 aliphatic carbocycles. The van der Waals surface area contributed by atoms with Gasteiger partial charge in [-0.25, -0.2) is 8.42 Å². The van der Waals surface area contributed by atoms with Crippen molar-refractivity contribution in [2.75, 3.05) is 13.1 Å². The summed E-state index contributed by atoms with van der Waals surface area (Å²) in [5.41, 5.74) is 1.94. The van der Waals surface area contributed by atoms with Crippen LogP contribution < -0.4 is 5.32 Å². The van der Waals surface area contributed by atoms with Crippen LogP contribution in [0.25, 0.3) is 0 Å². The molecule has 3 rings (SSSR count). The van der Waals surface area contributed by atoms with Gasteiger partial charge in [0.1, 0.15) is 0 Å². The van der Waals surface area contributed by atoms with Crippen LogP contribution in [0.4, 0.5) is 8.78 Å². The van der Waals surface area contributed by atoms with Crippen LogP contribution in [0.3, 0.4) is 0 Å². The van der Waals surface area contributed by atoms with E-state index in [1.807, 2.05) is 19.2 Å². The number of hydrogen-bond acceptors (Lipinski definition) is 6. The van der Waals surface area contributed by atoms with Gasteiger partial charge in [0.05, 0.1) is 11.4 Å². The highest BCUT2D eigenvalue weighted by Crippen LogP contribution is 2.30. The lowest BCUT2D eigenvalue weighted by atomic mass is 9.98. The lowest BCUT2D eigenvalue weighted by Crippen LogP contribution is -2.38. The fourth-order valence-electron chi connectivity index (χ4n) is 3.11. The largest absolute Gasteiger partial charge is 0.344 e. The van der Waals surface area contributed by atoms with E-state index in [0.29, 0.717) is 31.8 Å². The summed E-state index contributed by atoms with van der Waals surface area (Å²) in [5, 5.41) is 5.69. The maximum atomic E-state index is 12.9. The van der Waals surface area contributed by atoms with Gasteiger partial charge in [-0.15, -0.1) is 0 Å². The molecule has 1 fully saturated rings. The first-order valence-corrected chi connectivity index (χ1v) is 10.6. The fraction of sp³-hybridized carbons (Fsp3) is 0.500. The molecule has 8 nitrogen and oxygen atoms in total. The molecular formula is C18H22F2N4O4S. The first-order valence-electron chi connectivity index (χ1n) is 9.14. The highest BCUT2D eigenvalue weighted by molar-refractivity contribution is 7.89. The number of piperidine rings is 1. The number of rotatable bonds is 6. The van der Waals surface area contributed by atoms with Gasteiger partial charge in [-0.2, -0.15) is 18.1 Å². The number of benzene rings is 1. The molecule has 1 saturated heterocycles. The first kappa shape index (κ1) is 21.3. The Balaban J connectivity index is 1.60. The van der Waals surface area contributed by atoms with Gasteiger partial charge in [-0.05, 0) is 49.9 Å². The van der Waals surface area contributed by atoms with Crippen LogP contribution in [-0.4, -0.2) is 48.3 Å². The van der Waals surface area contributed by atoms with Crippen molar-refractivity contribution in [3.8, 4) is 0 Å². The molecule has 0 unspecified atom stereocenters. The topological polar surface area (TPSA) is 105 Å². The van der Waals surface area contributed by atoms with Crippen LogP contribution in [0.15, 0.2) is 27.6 Å². The number of nitrogens with zero attached hydrogens (tertiary/aromatic N) is 3. The fourth-order valence-corrected chi connectivity index (χ4v) is 4.67. The van der Waals surface area contributed by atoms with Gasteiger partial charge in [0.25, 0.3) is 5.91 Å². The van der Waals surface area contributed by atoms with Crippen molar-refractivity contribution in [2.45, 2.75) is 50.5 Å². The van der Waals surface area contributed by atoms with Crippen molar-refractivity contribution in [1.82, 2.24) is 19.8 Å². The Morgan fingerprint density at radius 2 is 1.97 bits per heavy atom. The number of nitrogens with one attached hydrogen (secondary N) is 1. The quantitative estimate of drug-likeness (QED) is 0.756. The predicted octanol–water partition coefficient (Wildman–Crippen LogP) is 2.14. The molecule has 1 aliphatic rings. The molecule has 0 radical (unpaired) electrons. The summed E-state index contributed by atoms with van der Waals surface area (Å²) < 4.78 is 56.7.